The van der Waals surface area contributed by atoms with Gasteiger partial charge in [-0.15, -0.1) is 0 Å². The number of aliphatic hydroxyl groups is 2. The van der Waals surface area contributed by atoms with Crippen molar-refractivity contribution in [1.29, 1.82) is 0 Å². The lowest BCUT2D eigenvalue weighted by molar-refractivity contribution is -0.143. The SMILES string of the molecule is CCCCCCC/C=C\CCCCCCCC(=O)OCCCCCCCCCCCCCC/C=C\CCCCCCCCCC(=O)NC(CO)C(O)/C=C/CCCCCCCCCCCCC. The Kier molecular flexibility index (Phi) is 55.0. The Labute approximate surface area is 417 Å². The van der Waals surface area contributed by atoms with Crippen LogP contribution >= 0.6 is 0 Å². The Hall–Kier alpha value is -1.92. The van der Waals surface area contributed by atoms with Crippen LogP contribution in [-0.2, 0) is 14.3 Å². The van der Waals surface area contributed by atoms with E-state index in [1.54, 1.807) is 6.08 Å². The first-order valence-corrected chi connectivity index (χ1v) is 29.8. The number of hydrogen-bond acceptors (Lipinski definition) is 5. The van der Waals surface area contributed by atoms with Crippen molar-refractivity contribution < 1.29 is 24.5 Å². The maximum absolute atomic E-state index is 12.4. The maximum atomic E-state index is 12.4. The van der Waals surface area contributed by atoms with E-state index in [4.69, 9.17) is 4.74 Å². The Morgan fingerprint density at radius 3 is 1.06 bits per heavy atom. The highest BCUT2D eigenvalue weighted by Crippen LogP contribution is 2.16. The van der Waals surface area contributed by atoms with E-state index in [-0.39, 0.29) is 18.5 Å². The molecule has 0 aromatic rings. The van der Waals surface area contributed by atoms with E-state index in [2.05, 4.69) is 43.5 Å². The van der Waals surface area contributed by atoms with Gasteiger partial charge in [-0.2, -0.15) is 0 Å². The smallest absolute Gasteiger partial charge is 0.305 e. The molecule has 0 heterocycles. The Morgan fingerprint density at radius 2 is 0.701 bits per heavy atom. The first kappa shape index (κ1) is 65.1. The molecule has 0 fully saturated rings. The molecule has 394 valence electrons. The quantitative estimate of drug-likeness (QED) is 0.0321. The van der Waals surface area contributed by atoms with Gasteiger partial charge in [-0.25, -0.2) is 0 Å². The van der Waals surface area contributed by atoms with Crippen LogP contribution in [0.25, 0.3) is 0 Å². The number of aliphatic hydroxyl groups excluding tert-OH is 2. The maximum Gasteiger partial charge on any atom is 0.305 e. The molecule has 0 aromatic heterocycles. The minimum atomic E-state index is -0.847. The Morgan fingerprint density at radius 1 is 0.403 bits per heavy atom. The summed E-state index contributed by atoms with van der Waals surface area (Å²) in [5.74, 6) is -0.0723. The van der Waals surface area contributed by atoms with Crippen molar-refractivity contribution in [3.05, 3.63) is 36.5 Å². The largest absolute Gasteiger partial charge is 0.466 e. The molecule has 0 aliphatic rings. The van der Waals surface area contributed by atoms with Gasteiger partial charge < -0.3 is 20.3 Å². The predicted molar refractivity (Wildman–Crippen MR) is 292 cm³/mol. The molecule has 0 radical (unpaired) electrons. The molecule has 67 heavy (non-hydrogen) atoms. The number of allylic oxidation sites excluding steroid dienone is 5. The molecule has 0 spiro atoms. The van der Waals surface area contributed by atoms with Gasteiger partial charge in [0.2, 0.25) is 5.91 Å². The predicted octanol–water partition coefficient (Wildman–Crippen LogP) is 18.4. The molecule has 0 bridgehead atoms. The zero-order valence-electron chi connectivity index (χ0n) is 44.9. The molecule has 0 aliphatic carbocycles. The van der Waals surface area contributed by atoms with E-state index in [1.165, 1.54) is 238 Å². The van der Waals surface area contributed by atoms with Crippen LogP contribution in [0.1, 0.15) is 316 Å². The van der Waals surface area contributed by atoms with Gasteiger partial charge in [0, 0.05) is 12.8 Å². The number of carbonyl (C=O) groups excluding carboxylic acids is 2. The zero-order chi connectivity index (χ0) is 48.6. The summed E-state index contributed by atoms with van der Waals surface area (Å²) >= 11 is 0. The fourth-order valence-electron chi connectivity index (χ4n) is 9.03. The second-order valence-corrected chi connectivity index (χ2v) is 20.3. The van der Waals surface area contributed by atoms with Gasteiger partial charge in [0.15, 0.2) is 0 Å². The van der Waals surface area contributed by atoms with E-state index in [1.807, 2.05) is 6.08 Å². The van der Waals surface area contributed by atoms with Gasteiger partial charge in [0.25, 0.3) is 0 Å². The highest BCUT2D eigenvalue weighted by molar-refractivity contribution is 5.76. The fraction of sp³-hybridized carbons (Fsp3) is 0.869. The Balaban J connectivity index is 3.43. The van der Waals surface area contributed by atoms with Gasteiger partial charge in [0.1, 0.15) is 0 Å². The number of hydrogen-bond donors (Lipinski definition) is 3. The standard InChI is InChI=1S/C61H115NO5/c1-3-5-7-9-11-13-15-17-31-35-39-43-47-51-55-61(66)67-56-52-48-44-40-36-32-28-26-24-22-20-18-19-21-23-25-27-30-34-38-42-46-50-54-60(65)62-58(57-63)59(64)53-49-45-41-37-33-29-16-14-12-10-8-6-4-2/h15,17,21,23,49,53,58-59,63-64H,3-14,16,18-20,22,24-48,50-52,54-57H2,1-2H3,(H,62,65)/b17-15-,23-21-,53-49+. The summed E-state index contributed by atoms with van der Waals surface area (Å²) in [7, 11) is 0. The van der Waals surface area contributed by atoms with Crippen LogP contribution in [0.2, 0.25) is 0 Å². The number of esters is 1. The molecule has 0 aromatic carbocycles. The van der Waals surface area contributed by atoms with E-state index in [9.17, 15) is 19.8 Å². The summed E-state index contributed by atoms with van der Waals surface area (Å²) in [6, 6.07) is -0.632. The molecular formula is C61H115NO5. The molecule has 0 aliphatic heterocycles. The van der Waals surface area contributed by atoms with Crippen molar-refractivity contribution in [1.82, 2.24) is 5.32 Å². The number of carbonyl (C=O) groups is 2. The van der Waals surface area contributed by atoms with Gasteiger partial charge in [-0.3, -0.25) is 9.59 Å². The van der Waals surface area contributed by atoms with Crippen LogP contribution in [0.4, 0.5) is 0 Å². The Bertz CT molecular complexity index is 1090. The third-order valence-electron chi connectivity index (χ3n) is 13.6. The van der Waals surface area contributed by atoms with E-state index in [0.29, 0.717) is 19.4 Å². The molecule has 3 N–H and O–H groups in total. The molecule has 0 rings (SSSR count). The third-order valence-corrected chi connectivity index (χ3v) is 13.6. The second kappa shape index (κ2) is 56.7. The zero-order valence-corrected chi connectivity index (χ0v) is 44.9. The first-order chi connectivity index (χ1) is 33.0. The van der Waals surface area contributed by atoms with Gasteiger partial charge in [-0.1, -0.05) is 256 Å². The molecular weight excluding hydrogens is 827 g/mol. The molecule has 2 unspecified atom stereocenters. The van der Waals surface area contributed by atoms with Crippen LogP contribution in [0.15, 0.2) is 36.5 Å². The van der Waals surface area contributed by atoms with Crippen molar-refractivity contribution in [3.63, 3.8) is 0 Å². The third kappa shape index (κ3) is 53.3. The van der Waals surface area contributed by atoms with Crippen LogP contribution < -0.4 is 5.32 Å². The molecule has 1 amide bonds. The lowest BCUT2D eigenvalue weighted by atomic mass is 10.0. The highest BCUT2D eigenvalue weighted by atomic mass is 16.5. The number of amides is 1. The van der Waals surface area contributed by atoms with Crippen LogP contribution in [-0.4, -0.2) is 47.4 Å². The van der Waals surface area contributed by atoms with E-state index in [0.717, 1.165) is 51.4 Å². The van der Waals surface area contributed by atoms with Crippen LogP contribution in [0, 0.1) is 0 Å². The number of ether oxygens (including phenoxy) is 1. The monoisotopic (exact) mass is 942 g/mol. The summed E-state index contributed by atoms with van der Waals surface area (Å²) in [6.07, 6.45) is 70.3. The average molecular weight is 943 g/mol. The number of unbranched alkanes of at least 4 members (excludes halogenated alkanes) is 40. The molecule has 6 heteroatoms. The van der Waals surface area contributed by atoms with Crippen molar-refractivity contribution in [2.45, 2.75) is 328 Å². The van der Waals surface area contributed by atoms with Crippen LogP contribution in [0.5, 0.6) is 0 Å². The van der Waals surface area contributed by atoms with Gasteiger partial charge in [0.05, 0.1) is 25.4 Å². The van der Waals surface area contributed by atoms with E-state index >= 15 is 0 Å². The first-order valence-electron chi connectivity index (χ1n) is 29.8. The van der Waals surface area contributed by atoms with Crippen molar-refractivity contribution in [2.24, 2.45) is 0 Å². The molecule has 0 saturated carbocycles. The average Bonchev–Trinajstić information content (AvgIpc) is 3.33. The summed E-state index contributed by atoms with van der Waals surface area (Å²) in [5, 5.41) is 23.1. The summed E-state index contributed by atoms with van der Waals surface area (Å²) in [5.41, 5.74) is 0. The minimum Gasteiger partial charge on any atom is -0.466 e. The van der Waals surface area contributed by atoms with Crippen molar-refractivity contribution >= 4 is 11.9 Å². The summed E-state index contributed by atoms with van der Waals surface area (Å²) < 4.78 is 5.47. The van der Waals surface area contributed by atoms with Crippen molar-refractivity contribution in [3.8, 4) is 0 Å². The molecule has 6 nitrogen and oxygen atoms in total. The lowest BCUT2D eigenvalue weighted by Crippen LogP contribution is -2.45. The topological polar surface area (TPSA) is 95.9 Å². The molecule has 2 atom stereocenters. The van der Waals surface area contributed by atoms with Crippen molar-refractivity contribution in [2.75, 3.05) is 13.2 Å². The normalized spacial score (nSPS) is 12.8. The summed E-state index contributed by atoms with van der Waals surface area (Å²) in [6.45, 7) is 4.89. The number of nitrogens with one attached hydrogen (secondary N) is 1. The van der Waals surface area contributed by atoms with Gasteiger partial charge in [-0.05, 0) is 83.5 Å². The van der Waals surface area contributed by atoms with Crippen LogP contribution in [0.3, 0.4) is 0 Å². The van der Waals surface area contributed by atoms with E-state index < -0.39 is 12.1 Å². The lowest BCUT2D eigenvalue weighted by Gasteiger charge is -2.20. The van der Waals surface area contributed by atoms with Gasteiger partial charge >= 0.3 is 5.97 Å². The second-order valence-electron chi connectivity index (χ2n) is 20.3. The fourth-order valence-corrected chi connectivity index (χ4v) is 9.03. The minimum absolute atomic E-state index is 0.00217. The summed E-state index contributed by atoms with van der Waals surface area (Å²) in [4.78, 5) is 24.5. The number of rotatable bonds is 55. The highest BCUT2D eigenvalue weighted by Gasteiger charge is 2.18. The molecule has 0 saturated heterocycles.